The van der Waals surface area contributed by atoms with Gasteiger partial charge in [0.25, 0.3) is 0 Å². The van der Waals surface area contributed by atoms with Crippen LogP contribution < -0.4 is 0 Å². The van der Waals surface area contributed by atoms with E-state index in [2.05, 4.69) is 51.7 Å². The lowest BCUT2D eigenvalue weighted by Gasteiger charge is -2.55. The SMILES string of the molecule is C(=C1CCCCC1P(=C1N(C2CCCCC2)CCN1C1CCCCC1)(C1CCCCC1)C1CCCCC1)c1ccccc1. The molecule has 6 aliphatic rings. The second-order valence-electron chi connectivity index (χ2n) is 15.6. The van der Waals surface area contributed by atoms with Crippen LogP contribution in [-0.4, -0.2) is 57.5 Å². The first-order chi connectivity index (χ1) is 21.4. The van der Waals surface area contributed by atoms with Crippen LogP contribution in [0.5, 0.6) is 0 Å². The van der Waals surface area contributed by atoms with Crippen molar-refractivity contribution in [3.05, 3.63) is 41.5 Å². The highest BCUT2D eigenvalue weighted by Crippen LogP contribution is 2.72. The maximum absolute atomic E-state index is 3.24. The van der Waals surface area contributed by atoms with Crippen molar-refractivity contribution < 1.29 is 0 Å². The molecule has 1 aromatic rings. The molecule has 0 radical (unpaired) electrons. The highest BCUT2D eigenvalue weighted by molar-refractivity contribution is 7.78. The molecule has 1 aromatic carbocycles. The van der Waals surface area contributed by atoms with Crippen molar-refractivity contribution in [3.8, 4) is 0 Å². The topological polar surface area (TPSA) is 6.48 Å². The van der Waals surface area contributed by atoms with Gasteiger partial charge in [0.1, 0.15) is 0 Å². The van der Waals surface area contributed by atoms with E-state index >= 15 is 0 Å². The maximum Gasteiger partial charge on any atom is 0.0603 e. The highest BCUT2D eigenvalue weighted by Gasteiger charge is 2.52. The van der Waals surface area contributed by atoms with Crippen LogP contribution in [0.25, 0.3) is 6.08 Å². The number of allylic oxidation sites excluding steroid dienone is 1. The van der Waals surface area contributed by atoms with Crippen LogP contribution in [0.2, 0.25) is 0 Å². The molecule has 1 unspecified atom stereocenters. The lowest BCUT2D eigenvalue weighted by molar-refractivity contribution is 0.256. The number of nitrogens with zero attached hydrogens (tertiary/aromatic N) is 2. The molecule has 0 N–H and O–H groups in total. The third-order valence-corrected chi connectivity index (χ3v) is 19.4. The zero-order valence-corrected chi connectivity index (χ0v) is 28.5. The number of rotatable bonds is 6. The van der Waals surface area contributed by atoms with Crippen molar-refractivity contribution in [3.63, 3.8) is 0 Å². The van der Waals surface area contributed by atoms with Crippen LogP contribution in [0.15, 0.2) is 35.9 Å². The predicted molar refractivity (Wildman–Crippen MR) is 190 cm³/mol. The van der Waals surface area contributed by atoms with Crippen molar-refractivity contribution in [2.24, 2.45) is 0 Å². The molecule has 43 heavy (non-hydrogen) atoms. The largest absolute Gasteiger partial charge is 0.261 e. The van der Waals surface area contributed by atoms with Gasteiger partial charge in [-0.25, -0.2) is 0 Å². The Bertz CT molecular complexity index is 1050. The first-order valence-corrected chi connectivity index (χ1v) is 21.4. The molecule has 1 saturated heterocycles. The molecule has 6 fully saturated rings. The molecular weight excluding hydrogens is 539 g/mol. The second kappa shape index (κ2) is 14.7. The number of hydrogen-bond donors (Lipinski definition) is 0. The van der Waals surface area contributed by atoms with Gasteiger partial charge in [0.15, 0.2) is 0 Å². The Kier molecular flexibility index (Phi) is 10.6. The summed E-state index contributed by atoms with van der Waals surface area (Å²) in [6.07, 6.45) is 38.4. The minimum atomic E-state index is -1.51. The number of benzene rings is 1. The van der Waals surface area contributed by atoms with Crippen LogP contribution in [0.1, 0.15) is 160 Å². The fraction of sp³-hybridized carbons (Fsp3) is 0.775. The van der Waals surface area contributed by atoms with Gasteiger partial charge in [-0.1, -0.05) is 132 Å². The summed E-state index contributed by atoms with van der Waals surface area (Å²) in [6.45, 7) is 1.19. The fourth-order valence-corrected chi connectivity index (χ4v) is 19.0. The summed E-state index contributed by atoms with van der Waals surface area (Å²) < 4.78 is 0. The summed E-state index contributed by atoms with van der Waals surface area (Å²) in [5.41, 5.74) is 8.26. The summed E-state index contributed by atoms with van der Waals surface area (Å²) in [5.74, 6) is 0. The van der Waals surface area contributed by atoms with Crippen LogP contribution in [0.4, 0.5) is 0 Å². The van der Waals surface area contributed by atoms with Gasteiger partial charge in [-0.3, -0.25) is 9.80 Å². The Labute approximate surface area is 265 Å². The quantitative estimate of drug-likeness (QED) is 0.299. The third-order valence-electron chi connectivity index (χ3n) is 13.1. The molecular formula is C40H63N2P. The van der Waals surface area contributed by atoms with E-state index in [-0.39, 0.29) is 0 Å². The maximum atomic E-state index is 3.24. The summed E-state index contributed by atoms with van der Waals surface area (Å²) in [4.78, 5) is 6.47. The second-order valence-corrected chi connectivity index (χ2v) is 19.7. The zero-order valence-electron chi connectivity index (χ0n) is 27.6. The average molecular weight is 603 g/mol. The van der Waals surface area contributed by atoms with Crippen molar-refractivity contribution >= 4 is 18.5 Å². The third kappa shape index (κ3) is 6.43. The van der Waals surface area contributed by atoms with Crippen LogP contribution in [0.3, 0.4) is 0 Å². The van der Waals surface area contributed by atoms with E-state index in [4.69, 9.17) is 0 Å². The van der Waals surface area contributed by atoms with Crippen molar-refractivity contribution in [2.45, 2.75) is 183 Å². The fourth-order valence-electron chi connectivity index (χ4n) is 11.2. The van der Waals surface area contributed by atoms with E-state index < -0.39 is 6.89 Å². The molecule has 1 heterocycles. The van der Waals surface area contributed by atoms with Crippen LogP contribution in [-0.2, 0) is 0 Å². The van der Waals surface area contributed by atoms with E-state index in [0.29, 0.717) is 0 Å². The molecule has 0 amide bonds. The molecule has 1 atom stereocenters. The van der Waals surface area contributed by atoms with E-state index in [1.165, 1.54) is 147 Å². The standard InChI is InChI=1S/C40H63N2P/c1-6-18-33(19-7-1)32-34-20-16-17-29-39(34)43(37-25-12-4-13-26-37,38-27-14-5-15-28-38)40-41(35-21-8-2-9-22-35)30-31-42(40)36-23-10-3-11-24-36/h1,6-7,18-19,32,35-39H,2-5,8-17,20-31H2. The Hall–Kier alpha value is -0.820. The molecule has 3 heteroatoms. The van der Waals surface area contributed by atoms with Gasteiger partial charge in [-0.05, 0) is 87.5 Å². The van der Waals surface area contributed by atoms with Crippen LogP contribution >= 0.6 is 6.89 Å². The smallest absolute Gasteiger partial charge is 0.0603 e. The van der Waals surface area contributed by atoms with E-state index in [1.807, 2.05) is 5.57 Å². The van der Waals surface area contributed by atoms with E-state index in [9.17, 15) is 0 Å². The first kappa shape index (κ1) is 30.8. The summed E-state index contributed by atoms with van der Waals surface area (Å²) >= 11 is 0. The van der Waals surface area contributed by atoms with Gasteiger partial charge < -0.3 is 0 Å². The summed E-state index contributed by atoms with van der Waals surface area (Å²) in [6, 6.07) is 13.2. The summed E-state index contributed by atoms with van der Waals surface area (Å²) in [5, 5.41) is 0. The molecule has 5 aliphatic carbocycles. The molecule has 238 valence electrons. The summed E-state index contributed by atoms with van der Waals surface area (Å²) in [7, 11) is 0. The number of hydrogen-bond acceptors (Lipinski definition) is 0. The lowest BCUT2D eigenvalue weighted by Crippen LogP contribution is -2.50. The Morgan fingerprint density at radius 3 is 1.49 bits per heavy atom. The predicted octanol–water partition coefficient (Wildman–Crippen LogP) is 11.1. The molecule has 2 nitrogen and oxygen atoms in total. The molecule has 7 rings (SSSR count). The van der Waals surface area contributed by atoms with Gasteiger partial charge in [-0.2, -0.15) is 0 Å². The monoisotopic (exact) mass is 602 g/mol. The Balaban J connectivity index is 1.48. The van der Waals surface area contributed by atoms with Crippen molar-refractivity contribution in [1.29, 1.82) is 0 Å². The van der Waals surface area contributed by atoms with Crippen molar-refractivity contribution in [2.75, 3.05) is 13.1 Å². The molecule has 5 saturated carbocycles. The minimum absolute atomic E-state index is 0.828. The first-order valence-electron chi connectivity index (χ1n) is 19.4. The van der Waals surface area contributed by atoms with Gasteiger partial charge in [0, 0.05) is 30.8 Å². The lowest BCUT2D eigenvalue weighted by atomic mass is 9.92. The van der Waals surface area contributed by atoms with Gasteiger partial charge >= 0.3 is 0 Å². The molecule has 0 spiro atoms. The van der Waals surface area contributed by atoms with E-state index in [1.54, 1.807) is 25.7 Å². The van der Waals surface area contributed by atoms with Crippen LogP contribution in [0, 0.1) is 0 Å². The minimum Gasteiger partial charge on any atom is -0.261 e. The molecule has 1 aliphatic heterocycles. The van der Waals surface area contributed by atoms with Gasteiger partial charge in [-0.15, -0.1) is 0 Å². The van der Waals surface area contributed by atoms with E-state index in [0.717, 1.165) is 29.1 Å². The Morgan fingerprint density at radius 2 is 0.977 bits per heavy atom. The molecule has 0 bridgehead atoms. The zero-order chi connectivity index (χ0) is 28.9. The highest BCUT2D eigenvalue weighted by atomic mass is 31.2. The molecule has 0 aromatic heterocycles. The van der Waals surface area contributed by atoms with Gasteiger partial charge in [0.2, 0.25) is 0 Å². The average Bonchev–Trinajstić information content (AvgIpc) is 3.54. The van der Waals surface area contributed by atoms with Gasteiger partial charge in [0.05, 0.1) is 5.54 Å². The normalized spacial score (nSPS) is 29.9. The van der Waals surface area contributed by atoms with Crippen molar-refractivity contribution in [1.82, 2.24) is 9.80 Å². The Morgan fingerprint density at radius 1 is 0.512 bits per heavy atom.